The van der Waals surface area contributed by atoms with E-state index in [1.807, 2.05) is 24.3 Å². The predicted octanol–water partition coefficient (Wildman–Crippen LogP) is 3.03. The van der Waals surface area contributed by atoms with Crippen LogP contribution in [-0.2, 0) is 0 Å². The van der Waals surface area contributed by atoms with E-state index >= 15 is 0 Å². The van der Waals surface area contributed by atoms with Crippen molar-refractivity contribution in [3.05, 3.63) is 40.4 Å². The summed E-state index contributed by atoms with van der Waals surface area (Å²) in [5.74, 6) is -0.0327. The molecule has 4 nitrogen and oxygen atoms in total. The summed E-state index contributed by atoms with van der Waals surface area (Å²) in [6.07, 6.45) is 1.94. The Kier molecular flexibility index (Phi) is 4.24. The van der Waals surface area contributed by atoms with Crippen molar-refractivity contribution >= 4 is 28.8 Å². The molecular weight excluding hydrogens is 306 g/mol. The van der Waals surface area contributed by atoms with Gasteiger partial charge in [-0.25, -0.2) is 4.98 Å². The van der Waals surface area contributed by atoms with Gasteiger partial charge in [0.15, 0.2) is 0 Å². The van der Waals surface area contributed by atoms with Crippen molar-refractivity contribution < 1.29 is 4.79 Å². The number of piperidine rings is 1. The second kappa shape index (κ2) is 6.13. The number of amides is 1. The fraction of sp³-hybridized carbons (Fsp3) is 0.333. The second-order valence-corrected chi connectivity index (χ2v) is 6.50. The molecule has 1 saturated heterocycles. The van der Waals surface area contributed by atoms with Gasteiger partial charge < -0.3 is 10.6 Å². The number of halogens is 1. The number of nitrogens with zero attached hydrogens (tertiary/aromatic N) is 2. The molecule has 1 amide bonds. The van der Waals surface area contributed by atoms with Gasteiger partial charge in [-0.15, -0.1) is 11.3 Å². The molecule has 2 heterocycles. The van der Waals surface area contributed by atoms with Crippen LogP contribution in [0, 0.1) is 0 Å². The van der Waals surface area contributed by atoms with Crippen molar-refractivity contribution in [2.24, 2.45) is 5.73 Å². The van der Waals surface area contributed by atoms with E-state index in [2.05, 4.69) is 4.98 Å². The highest BCUT2D eigenvalue weighted by atomic mass is 35.5. The van der Waals surface area contributed by atoms with Gasteiger partial charge in [0.1, 0.15) is 10.7 Å². The highest BCUT2D eigenvalue weighted by Gasteiger charge is 2.24. The van der Waals surface area contributed by atoms with Crippen LogP contribution in [0.3, 0.4) is 0 Å². The summed E-state index contributed by atoms with van der Waals surface area (Å²) >= 11 is 7.45. The molecule has 0 bridgehead atoms. The quantitative estimate of drug-likeness (QED) is 0.925. The maximum Gasteiger partial charge on any atom is 0.273 e. The molecular formula is C15H16ClN3OS. The van der Waals surface area contributed by atoms with Crippen LogP contribution in [0.25, 0.3) is 10.6 Å². The third-order valence-electron chi connectivity index (χ3n) is 3.54. The lowest BCUT2D eigenvalue weighted by atomic mass is 10.1. The van der Waals surface area contributed by atoms with Crippen LogP contribution in [0.5, 0.6) is 0 Å². The first kappa shape index (κ1) is 14.5. The van der Waals surface area contributed by atoms with Gasteiger partial charge >= 0.3 is 0 Å². The van der Waals surface area contributed by atoms with Crippen molar-refractivity contribution in [1.82, 2.24) is 9.88 Å². The van der Waals surface area contributed by atoms with Crippen molar-refractivity contribution in [3.8, 4) is 10.6 Å². The van der Waals surface area contributed by atoms with E-state index in [1.54, 1.807) is 10.3 Å². The first-order chi connectivity index (χ1) is 10.1. The van der Waals surface area contributed by atoms with E-state index in [0.717, 1.165) is 30.0 Å². The molecule has 0 aliphatic carbocycles. The van der Waals surface area contributed by atoms with Crippen LogP contribution < -0.4 is 5.73 Å². The highest BCUT2D eigenvalue weighted by molar-refractivity contribution is 7.13. The predicted molar refractivity (Wildman–Crippen MR) is 85.7 cm³/mol. The Morgan fingerprint density at radius 2 is 2.33 bits per heavy atom. The molecule has 1 unspecified atom stereocenters. The van der Waals surface area contributed by atoms with Gasteiger partial charge in [0.25, 0.3) is 5.91 Å². The number of rotatable bonds is 2. The minimum atomic E-state index is -0.0327. The summed E-state index contributed by atoms with van der Waals surface area (Å²) in [5.41, 5.74) is 7.35. The smallest absolute Gasteiger partial charge is 0.273 e. The van der Waals surface area contributed by atoms with Crippen LogP contribution in [0.2, 0.25) is 5.02 Å². The molecule has 0 radical (unpaired) electrons. The Morgan fingerprint density at radius 3 is 3.10 bits per heavy atom. The van der Waals surface area contributed by atoms with Crippen molar-refractivity contribution in [2.45, 2.75) is 18.9 Å². The van der Waals surface area contributed by atoms with Crippen LogP contribution in [-0.4, -0.2) is 34.9 Å². The normalized spacial score (nSPS) is 18.8. The Morgan fingerprint density at radius 1 is 1.48 bits per heavy atom. The average Bonchev–Trinajstić information content (AvgIpc) is 2.96. The minimum absolute atomic E-state index is 0.0327. The molecule has 110 valence electrons. The number of thiazole rings is 1. The van der Waals surface area contributed by atoms with E-state index in [9.17, 15) is 4.79 Å². The van der Waals surface area contributed by atoms with Gasteiger partial charge in [0.2, 0.25) is 0 Å². The van der Waals surface area contributed by atoms with Crippen LogP contribution in [0.1, 0.15) is 23.3 Å². The zero-order chi connectivity index (χ0) is 14.8. The van der Waals surface area contributed by atoms with E-state index in [-0.39, 0.29) is 11.9 Å². The first-order valence-electron chi connectivity index (χ1n) is 6.90. The molecule has 0 saturated carbocycles. The number of hydrogen-bond acceptors (Lipinski definition) is 4. The fourth-order valence-corrected chi connectivity index (χ4v) is 3.46. The molecule has 1 aliphatic heterocycles. The Hall–Kier alpha value is -1.43. The highest BCUT2D eigenvalue weighted by Crippen LogP contribution is 2.26. The maximum absolute atomic E-state index is 12.4. The van der Waals surface area contributed by atoms with Gasteiger partial charge in [0.05, 0.1) is 0 Å². The van der Waals surface area contributed by atoms with Gasteiger partial charge in [-0.1, -0.05) is 23.7 Å². The zero-order valence-electron chi connectivity index (χ0n) is 11.5. The van der Waals surface area contributed by atoms with E-state index < -0.39 is 0 Å². The largest absolute Gasteiger partial charge is 0.336 e. The molecule has 1 aliphatic rings. The van der Waals surface area contributed by atoms with E-state index in [1.165, 1.54) is 11.3 Å². The number of carbonyl (C=O) groups is 1. The lowest BCUT2D eigenvalue weighted by molar-refractivity contribution is 0.0704. The molecule has 2 N–H and O–H groups in total. The van der Waals surface area contributed by atoms with E-state index in [4.69, 9.17) is 17.3 Å². The minimum Gasteiger partial charge on any atom is -0.336 e. The summed E-state index contributed by atoms with van der Waals surface area (Å²) in [5, 5.41) is 3.28. The third-order valence-corrected chi connectivity index (χ3v) is 4.67. The summed E-state index contributed by atoms with van der Waals surface area (Å²) in [7, 11) is 0. The molecule has 6 heteroatoms. The lowest BCUT2D eigenvalue weighted by Crippen LogP contribution is -2.45. The SMILES string of the molecule is NC1CCCN(C(=O)c2csc(-c3cccc(Cl)c3)n2)C1. The lowest BCUT2D eigenvalue weighted by Gasteiger charge is -2.30. The molecule has 21 heavy (non-hydrogen) atoms. The number of carbonyl (C=O) groups excluding carboxylic acids is 1. The molecule has 1 aromatic carbocycles. The fourth-order valence-electron chi connectivity index (χ4n) is 2.48. The topological polar surface area (TPSA) is 59.2 Å². The first-order valence-corrected chi connectivity index (χ1v) is 8.15. The molecule has 0 spiro atoms. The molecule has 1 aromatic heterocycles. The number of aromatic nitrogens is 1. The number of likely N-dealkylation sites (tertiary alicyclic amines) is 1. The third kappa shape index (κ3) is 3.26. The summed E-state index contributed by atoms with van der Waals surface area (Å²) in [4.78, 5) is 18.7. The van der Waals surface area contributed by atoms with Crippen molar-refractivity contribution in [3.63, 3.8) is 0 Å². The van der Waals surface area contributed by atoms with Crippen molar-refractivity contribution in [2.75, 3.05) is 13.1 Å². The van der Waals surface area contributed by atoms with E-state index in [0.29, 0.717) is 17.3 Å². The van der Waals surface area contributed by atoms with Crippen molar-refractivity contribution in [1.29, 1.82) is 0 Å². The monoisotopic (exact) mass is 321 g/mol. The Balaban J connectivity index is 1.80. The number of hydrogen-bond donors (Lipinski definition) is 1. The standard InChI is InChI=1S/C15H16ClN3OS/c16-11-4-1-3-10(7-11)14-18-13(9-21-14)15(20)19-6-2-5-12(17)8-19/h1,3-4,7,9,12H,2,5-6,8,17H2. The Bertz CT molecular complexity index is 658. The second-order valence-electron chi connectivity index (χ2n) is 5.20. The molecule has 2 aromatic rings. The van der Waals surface area contributed by atoms with Gasteiger partial charge in [-0.05, 0) is 25.0 Å². The summed E-state index contributed by atoms with van der Waals surface area (Å²) < 4.78 is 0. The Labute approximate surface area is 132 Å². The summed E-state index contributed by atoms with van der Waals surface area (Å²) in [6, 6.07) is 7.57. The zero-order valence-corrected chi connectivity index (χ0v) is 13.0. The van der Waals surface area contributed by atoms with Crippen LogP contribution in [0.15, 0.2) is 29.6 Å². The maximum atomic E-state index is 12.4. The molecule has 1 fully saturated rings. The molecule has 3 rings (SSSR count). The number of benzene rings is 1. The van der Waals surface area contributed by atoms with Crippen LogP contribution in [0.4, 0.5) is 0 Å². The van der Waals surface area contributed by atoms with Crippen LogP contribution >= 0.6 is 22.9 Å². The average molecular weight is 322 g/mol. The molecule has 1 atom stereocenters. The van der Waals surface area contributed by atoms with Gasteiger partial charge in [-0.3, -0.25) is 4.79 Å². The van der Waals surface area contributed by atoms with Gasteiger partial charge in [0, 0.05) is 35.1 Å². The number of nitrogens with two attached hydrogens (primary N) is 1. The summed E-state index contributed by atoms with van der Waals surface area (Å²) in [6.45, 7) is 1.37. The van der Waals surface area contributed by atoms with Gasteiger partial charge in [-0.2, -0.15) is 0 Å².